The van der Waals surface area contributed by atoms with Gasteiger partial charge in [0.25, 0.3) is 0 Å². The van der Waals surface area contributed by atoms with Crippen molar-refractivity contribution < 1.29 is 9.90 Å². The van der Waals surface area contributed by atoms with E-state index in [1.807, 2.05) is 38.4 Å². The maximum absolute atomic E-state index is 12.6. The molecule has 27 heavy (non-hydrogen) atoms. The van der Waals surface area contributed by atoms with Gasteiger partial charge in [0.15, 0.2) is 0 Å². The SMILES string of the molecule is CN1CC(NC(=O)CC[C@H](Cc2ccc(O)cc2)N(C)C)c2ccccc21. The third-order valence-electron chi connectivity index (χ3n) is 5.36. The minimum absolute atomic E-state index is 0.0635. The van der Waals surface area contributed by atoms with E-state index in [1.54, 1.807) is 12.1 Å². The average Bonchev–Trinajstić information content (AvgIpc) is 2.96. The molecular weight excluding hydrogens is 338 g/mol. The van der Waals surface area contributed by atoms with Crippen LogP contribution in [0.15, 0.2) is 48.5 Å². The molecule has 0 aromatic heterocycles. The van der Waals surface area contributed by atoms with E-state index in [-0.39, 0.29) is 23.7 Å². The van der Waals surface area contributed by atoms with Gasteiger partial charge in [-0.15, -0.1) is 0 Å². The molecule has 0 fully saturated rings. The maximum Gasteiger partial charge on any atom is 0.220 e. The number of carbonyl (C=O) groups excluding carboxylic acids is 1. The zero-order chi connectivity index (χ0) is 19.4. The Bertz CT molecular complexity index is 773. The highest BCUT2D eigenvalue weighted by Gasteiger charge is 2.27. The zero-order valence-electron chi connectivity index (χ0n) is 16.4. The van der Waals surface area contributed by atoms with E-state index in [1.165, 1.54) is 16.8 Å². The van der Waals surface area contributed by atoms with Crippen LogP contribution in [0.1, 0.15) is 30.0 Å². The second-order valence-corrected chi connectivity index (χ2v) is 7.59. The number of phenolic OH excluding ortho intramolecular Hbond substituents is 1. The summed E-state index contributed by atoms with van der Waals surface area (Å²) in [4.78, 5) is 16.9. The number of phenols is 1. The minimum atomic E-state index is 0.0635. The first-order valence-corrected chi connectivity index (χ1v) is 9.48. The average molecular weight is 367 g/mol. The maximum atomic E-state index is 12.6. The lowest BCUT2D eigenvalue weighted by molar-refractivity contribution is -0.122. The number of benzene rings is 2. The number of nitrogens with one attached hydrogen (secondary N) is 1. The Kier molecular flexibility index (Phi) is 6.01. The third-order valence-corrected chi connectivity index (χ3v) is 5.36. The Morgan fingerprint density at radius 2 is 1.93 bits per heavy atom. The van der Waals surface area contributed by atoms with Crippen LogP contribution in [0.2, 0.25) is 0 Å². The monoisotopic (exact) mass is 367 g/mol. The molecule has 0 saturated heterocycles. The molecule has 1 heterocycles. The van der Waals surface area contributed by atoms with E-state index in [0.29, 0.717) is 6.42 Å². The predicted octanol–water partition coefficient (Wildman–Crippen LogP) is 2.95. The second kappa shape index (κ2) is 8.44. The number of para-hydroxylation sites is 1. The number of fused-ring (bicyclic) bond motifs is 1. The molecule has 0 saturated carbocycles. The quantitative estimate of drug-likeness (QED) is 0.790. The molecule has 3 rings (SSSR count). The number of hydrogen-bond donors (Lipinski definition) is 2. The summed E-state index contributed by atoms with van der Waals surface area (Å²) in [7, 11) is 6.15. The Hall–Kier alpha value is -2.53. The molecule has 1 unspecified atom stereocenters. The van der Waals surface area contributed by atoms with Gasteiger partial charge in [-0.05, 0) is 56.3 Å². The molecule has 2 atom stereocenters. The zero-order valence-corrected chi connectivity index (χ0v) is 16.4. The highest BCUT2D eigenvalue weighted by atomic mass is 16.3. The van der Waals surface area contributed by atoms with Gasteiger partial charge in [0.05, 0.1) is 6.04 Å². The summed E-state index contributed by atoms with van der Waals surface area (Å²) in [5, 5.41) is 12.6. The lowest BCUT2D eigenvalue weighted by atomic mass is 10.0. The summed E-state index contributed by atoms with van der Waals surface area (Å²) in [6, 6.07) is 15.9. The van der Waals surface area contributed by atoms with Crippen molar-refractivity contribution in [2.75, 3.05) is 32.6 Å². The lowest BCUT2D eigenvalue weighted by Gasteiger charge is -2.24. The molecule has 1 aliphatic rings. The molecule has 144 valence electrons. The van der Waals surface area contributed by atoms with Crippen LogP contribution in [0.5, 0.6) is 5.75 Å². The molecule has 0 bridgehead atoms. The fourth-order valence-corrected chi connectivity index (χ4v) is 3.73. The number of carbonyl (C=O) groups is 1. The summed E-state index contributed by atoms with van der Waals surface area (Å²) in [6.45, 7) is 0.815. The lowest BCUT2D eigenvalue weighted by Crippen LogP contribution is -2.34. The number of anilines is 1. The van der Waals surface area contributed by atoms with Crippen molar-refractivity contribution in [3.63, 3.8) is 0 Å². The van der Waals surface area contributed by atoms with Crippen LogP contribution >= 0.6 is 0 Å². The van der Waals surface area contributed by atoms with Crippen LogP contribution in [-0.2, 0) is 11.2 Å². The van der Waals surface area contributed by atoms with Crippen molar-refractivity contribution in [2.45, 2.75) is 31.3 Å². The summed E-state index contributed by atoms with van der Waals surface area (Å²) < 4.78 is 0. The molecule has 1 aliphatic heterocycles. The molecule has 0 aliphatic carbocycles. The molecule has 2 aromatic rings. The number of aromatic hydroxyl groups is 1. The molecule has 0 spiro atoms. The van der Waals surface area contributed by atoms with Gasteiger partial charge in [0, 0.05) is 31.7 Å². The van der Waals surface area contributed by atoms with E-state index in [4.69, 9.17) is 0 Å². The second-order valence-electron chi connectivity index (χ2n) is 7.59. The Morgan fingerprint density at radius 1 is 1.22 bits per heavy atom. The first-order valence-electron chi connectivity index (χ1n) is 9.48. The molecule has 5 heteroatoms. The van der Waals surface area contributed by atoms with E-state index in [0.717, 1.165) is 19.4 Å². The molecule has 2 N–H and O–H groups in total. The van der Waals surface area contributed by atoms with Crippen LogP contribution in [0.3, 0.4) is 0 Å². The smallest absolute Gasteiger partial charge is 0.220 e. The van der Waals surface area contributed by atoms with Crippen molar-refractivity contribution in [1.82, 2.24) is 10.2 Å². The normalized spacial score (nSPS) is 17.0. The topological polar surface area (TPSA) is 55.8 Å². The predicted molar refractivity (Wildman–Crippen MR) is 109 cm³/mol. The standard InChI is InChI=1S/C22H29N3O2/c1-24(2)17(14-16-8-11-18(26)12-9-16)10-13-22(27)23-20-15-25(3)21-7-5-4-6-19(20)21/h4-9,11-12,17,20,26H,10,13-15H2,1-3H3,(H,23,27)/t17-,20?/m1/s1. The van der Waals surface area contributed by atoms with E-state index in [2.05, 4.69) is 34.3 Å². The Labute approximate surface area is 161 Å². The molecule has 1 amide bonds. The number of amides is 1. The molecular formula is C22H29N3O2. The van der Waals surface area contributed by atoms with Gasteiger partial charge >= 0.3 is 0 Å². The van der Waals surface area contributed by atoms with Gasteiger partial charge in [0.2, 0.25) is 5.91 Å². The Morgan fingerprint density at radius 3 is 2.63 bits per heavy atom. The van der Waals surface area contributed by atoms with Crippen molar-refractivity contribution in [3.05, 3.63) is 59.7 Å². The van der Waals surface area contributed by atoms with E-state index in [9.17, 15) is 9.90 Å². The van der Waals surface area contributed by atoms with Gasteiger partial charge in [-0.3, -0.25) is 4.79 Å². The third kappa shape index (κ3) is 4.80. The molecule has 2 aromatic carbocycles. The minimum Gasteiger partial charge on any atom is -0.508 e. The highest BCUT2D eigenvalue weighted by molar-refractivity contribution is 5.77. The highest BCUT2D eigenvalue weighted by Crippen LogP contribution is 2.33. The Balaban J connectivity index is 1.55. The van der Waals surface area contributed by atoms with Crippen LogP contribution in [0.25, 0.3) is 0 Å². The van der Waals surface area contributed by atoms with Crippen molar-refractivity contribution in [2.24, 2.45) is 0 Å². The van der Waals surface area contributed by atoms with Crippen LogP contribution in [-0.4, -0.2) is 49.6 Å². The summed E-state index contributed by atoms with van der Waals surface area (Å²) in [6.07, 6.45) is 2.16. The van der Waals surface area contributed by atoms with Gasteiger partial charge in [0.1, 0.15) is 5.75 Å². The van der Waals surface area contributed by atoms with Crippen molar-refractivity contribution in [3.8, 4) is 5.75 Å². The number of likely N-dealkylation sites (N-methyl/N-ethyl adjacent to an activating group) is 2. The fourth-order valence-electron chi connectivity index (χ4n) is 3.73. The largest absolute Gasteiger partial charge is 0.508 e. The van der Waals surface area contributed by atoms with Crippen molar-refractivity contribution >= 4 is 11.6 Å². The van der Waals surface area contributed by atoms with Crippen LogP contribution < -0.4 is 10.2 Å². The number of hydrogen-bond acceptors (Lipinski definition) is 4. The van der Waals surface area contributed by atoms with Crippen LogP contribution in [0, 0.1) is 0 Å². The van der Waals surface area contributed by atoms with Gasteiger partial charge < -0.3 is 20.2 Å². The first kappa shape index (κ1) is 19.2. The summed E-state index contributed by atoms with van der Waals surface area (Å²) in [5.41, 5.74) is 3.56. The summed E-state index contributed by atoms with van der Waals surface area (Å²) >= 11 is 0. The van der Waals surface area contributed by atoms with Gasteiger partial charge in [-0.1, -0.05) is 30.3 Å². The van der Waals surface area contributed by atoms with E-state index < -0.39 is 0 Å². The fraction of sp³-hybridized carbons (Fsp3) is 0.409. The first-order chi connectivity index (χ1) is 12.9. The molecule has 5 nitrogen and oxygen atoms in total. The van der Waals surface area contributed by atoms with Gasteiger partial charge in [-0.25, -0.2) is 0 Å². The number of nitrogens with zero attached hydrogens (tertiary/aromatic N) is 2. The molecule has 0 radical (unpaired) electrons. The summed E-state index contributed by atoms with van der Waals surface area (Å²) in [5.74, 6) is 0.379. The number of rotatable bonds is 7. The van der Waals surface area contributed by atoms with Gasteiger partial charge in [-0.2, -0.15) is 0 Å². The van der Waals surface area contributed by atoms with E-state index >= 15 is 0 Å². The van der Waals surface area contributed by atoms with Crippen LogP contribution in [0.4, 0.5) is 5.69 Å². The van der Waals surface area contributed by atoms with Crippen molar-refractivity contribution in [1.29, 1.82) is 0 Å².